The number of hydrogen-bond donors (Lipinski definition) is 0. The van der Waals surface area contributed by atoms with Gasteiger partial charge in [-0.2, -0.15) is 0 Å². The van der Waals surface area contributed by atoms with Crippen LogP contribution in [0.3, 0.4) is 0 Å². The van der Waals surface area contributed by atoms with Crippen molar-refractivity contribution in [2.45, 2.75) is 129 Å². The van der Waals surface area contributed by atoms with Crippen LogP contribution in [0.1, 0.15) is 128 Å². The van der Waals surface area contributed by atoms with Gasteiger partial charge in [0, 0.05) is 0 Å². The van der Waals surface area contributed by atoms with Gasteiger partial charge < -0.3 is 0 Å². The molecule has 0 amide bonds. The van der Waals surface area contributed by atoms with E-state index in [0.717, 1.165) is 17.8 Å². The Morgan fingerprint density at radius 2 is 1.30 bits per heavy atom. The third-order valence-electron chi connectivity index (χ3n) is 9.10. The van der Waals surface area contributed by atoms with E-state index in [1.54, 1.807) is 5.56 Å². The Morgan fingerprint density at radius 3 is 1.85 bits per heavy atom. The Hall–Kier alpha value is -1.04. The molecule has 1 aliphatic rings. The topological polar surface area (TPSA) is 0 Å². The molecule has 188 valence electrons. The van der Waals surface area contributed by atoms with Crippen LogP contribution in [-0.4, -0.2) is 0 Å². The molecule has 1 aromatic rings. The van der Waals surface area contributed by atoms with Crippen molar-refractivity contribution >= 4 is 6.08 Å². The van der Waals surface area contributed by atoms with Crippen molar-refractivity contribution in [2.24, 2.45) is 34.0 Å². The summed E-state index contributed by atoms with van der Waals surface area (Å²) < 4.78 is 0. The maximum Gasteiger partial charge on any atom is -0.00974 e. The molecule has 1 aliphatic carbocycles. The molecule has 3 atom stereocenters. The highest BCUT2D eigenvalue weighted by molar-refractivity contribution is 5.66. The van der Waals surface area contributed by atoms with Crippen LogP contribution in [0.5, 0.6) is 0 Å². The van der Waals surface area contributed by atoms with Crippen molar-refractivity contribution in [3.63, 3.8) is 0 Å². The lowest BCUT2D eigenvalue weighted by atomic mass is 9.63. The SMILES string of the molecule is Cc1c(C)c(C)c2c(c1C)C=CC(C)(CC(C)(C)CC(C)C(C)CC(C)(C)CCC(C)C)C2. The minimum Gasteiger partial charge on any atom is -0.0776 e. The molecule has 0 saturated heterocycles. The number of benzene rings is 1. The van der Waals surface area contributed by atoms with E-state index in [9.17, 15) is 0 Å². The lowest BCUT2D eigenvalue weighted by Gasteiger charge is -2.41. The van der Waals surface area contributed by atoms with E-state index >= 15 is 0 Å². The molecule has 0 aliphatic heterocycles. The van der Waals surface area contributed by atoms with Crippen LogP contribution in [0.4, 0.5) is 0 Å². The zero-order chi connectivity index (χ0) is 25.4. The summed E-state index contributed by atoms with van der Waals surface area (Å²) in [5, 5.41) is 0. The molecule has 0 spiro atoms. The molecule has 0 radical (unpaired) electrons. The molecule has 33 heavy (non-hydrogen) atoms. The Bertz CT molecular complexity index is 848. The van der Waals surface area contributed by atoms with Crippen LogP contribution < -0.4 is 0 Å². The molecule has 0 fully saturated rings. The smallest absolute Gasteiger partial charge is 0.00974 e. The second-order valence-corrected chi connectivity index (χ2v) is 14.4. The molecule has 0 N–H and O–H groups in total. The van der Waals surface area contributed by atoms with E-state index in [1.807, 2.05) is 0 Å². The lowest BCUT2D eigenvalue weighted by Crippen LogP contribution is -2.31. The third-order valence-corrected chi connectivity index (χ3v) is 9.10. The summed E-state index contributed by atoms with van der Waals surface area (Å²) in [6.07, 6.45) is 12.8. The van der Waals surface area contributed by atoms with Gasteiger partial charge in [-0.25, -0.2) is 0 Å². The Labute approximate surface area is 208 Å². The standard InChI is InChI=1S/C33H56/c1-22(2)14-16-31(9,10)18-23(3)24(4)19-32(11,12)21-33(13)17-15-29-27(7)25(5)26(6)28(8)30(29)20-33/h15,17,22-24H,14,16,18-21H2,1-13H3. The molecule has 0 bridgehead atoms. The van der Waals surface area contributed by atoms with Gasteiger partial charge in [-0.05, 0) is 127 Å². The molecule has 0 heteroatoms. The molecule has 1 aromatic carbocycles. The zero-order valence-corrected chi connectivity index (χ0v) is 24.6. The lowest BCUT2D eigenvalue weighted by molar-refractivity contribution is 0.134. The average Bonchev–Trinajstić information content (AvgIpc) is 2.67. The summed E-state index contributed by atoms with van der Waals surface area (Å²) in [4.78, 5) is 0. The van der Waals surface area contributed by atoms with Gasteiger partial charge in [0.25, 0.3) is 0 Å². The molecule has 0 saturated carbocycles. The minimum absolute atomic E-state index is 0.245. The number of hydrogen-bond acceptors (Lipinski definition) is 0. The highest BCUT2D eigenvalue weighted by Crippen LogP contribution is 2.47. The van der Waals surface area contributed by atoms with E-state index in [-0.39, 0.29) is 5.41 Å². The van der Waals surface area contributed by atoms with Gasteiger partial charge in [0.2, 0.25) is 0 Å². The van der Waals surface area contributed by atoms with E-state index < -0.39 is 0 Å². The van der Waals surface area contributed by atoms with Gasteiger partial charge >= 0.3 is 0 Å². The zero-order valence-electron chi connectivity index (χ0n) is 24.6. The first-order valence-corrected chi connectivity index (χ1v) is 13.8. The van der Waals surface area contributed by atoms with Crippen LogP contribution in [-0.2, 0) is 6.42 Å². The molecule has 3 unspecified atom stereocenters. The van der Waals surface area contributed by atoms with E-state index in [4.69, 9.17) is 0 Å². The van der Waals surface area contributed by atoms with Crippen LogP contribution in [0.2, 0.25) is 0 Å². The summed E-state index contributed by atoms with van der Waals surface area (Å²) in [6.45, 7) is 31.5. The Balaban J connectivity index is 2.09. The van der Waals surface area contributed by atoms with Crippen molar-refractivity contribution in [3.8, 4) is 0 Å². The minimum atomic E-state index is 0.245. The van der Waals surface area contributed by atoms with E-state index in [1.165, 1.54) is 66.3 Å². The van der Waals surface area contributed by atoms with Crippen LogP contribution in [0.15, 0.2) is 6.08 Å². The summed E-state index contributed by atoms with van der Waals surface area (Å²) >= 11 is 0. The number of rotatable bonds is 10. The van der Waals surface area contributed by atoms with Crippen molar-refractivity contribution < 1.29 is 0 Å². The fourth-order valence-electron chi connectivity index (χ4n) is 6.83. The first-order chi connectivity index (χ1) is 15.0. The van der Waals surface area contributed by atoms with Crippen molar-refractivity contribution in [1.82, 2.24) is 0 Å². The van der Waals surface area contributed by atoms with Gasteiger partial charge in [0.05, 0.1) is 0 Å². The summed E-state index contributed by atoms with van der Waals surface area (Å²) in [6, 6.07) is 0. The fourth-order valence-corrected chi connectivity index (χ4v) is 6.83. The van der Waals surface area contributed by atoms with Gasteiger partial charge in [-0.15, -0.1) is 0 Å². The molecule has 2 rings (SSSR count). The number of allylic oxidation sites excluding steroid dienone is 1. The first-order valence-electron chi connectivity index (χ1n) is 13.8. The van der Waals surface area contributed by atoms with E-state index in [0.29, 0.717) is 10.8 Å². The van der Waals surface area contributed by atoms with Crippen molar-refractivity contribution in [1.29, 1.82) is 0 Å². The Kier molecular flexibility index (Phi) is 8.80. The molecule has 0 aromatic heterocycles. The summed E-state index contributed by atoms with van der Waals surface area (Å²) in [7, 11) is 0. The maximum absolute atomic E-state index is 2.54. The van der Waals surface area contributed by atoms with Gasteiger partial charge in [-0.1, -0.05) is 80.9 Å². The average molecular weight is 453 g/mol. The maximum atomic E-state index is 2.54. The quantitative estimate of drug-likeness (QED) is 0.331. The second kappa shape index (κ2) is 10.3. The second-order valence-electron chi connectivity index (χ2n) is 14.4. The summed E-state index contributed by atoms with van der Waals surface area (Å²) in [5.74, 6) is 2.35. The predicted octanol–water partition coefficient (Wildman–Crippen LogP) is 10.4. The van der Waals surface area contributed by atoms with Crippen LogP contribution in [0, 0.1) is 61.7 Å². The highest BCUT2D eigenvalue weighted by atomic mass is 14.4. The molecular weight excluding hydrogens is 396 g/mol. The third kappa shape index (κ3) is 7.22. The van der Waals surface area contributed by atoms with E-state index in [2.05, 4.69) is 102 Å². The van der Waals surface area contributed by atoms with Gasteiger partial charge in [0.15, 0.2) is 0 Å². The van der Waals surface area contributed by atoms with Gasteiger partial charge in [-0.3, -0.25) is 0 Å². The van der Waals surface area contributed by atoms with Gasteiger partial charge in [0.1, 0.15) is 0 Å². The Morgan fingerprint density at radius 1 is 0.788 bits per heavy atom. The fraction of sp³-hybridized carbons (Fsp3) is 0.758. The van der Waals surface area contributed by atoms with Crippen molar-refractivity contribution in [2.75, 3.05) is 0 Å². The first kappa shape index (κ1) is 28.2. The van der Waals surface area contributed by atoms with Crippen molar-refractivity contribution in [3.05, 3.63) is 39.5 Å². The summed E-state index contributed by atoms with van der Waals surface area (Å²) in [5.41, 5.74) is 10.1. The molecule has 0 heterocycles. The van der Waals surface area contributed by atoms with Crippen LogP contribution >= 0.6 is 0 Å². The molecular formula is C33H56. The van der Waals surface area contributed by atoms with Crippen LogP contribution in [0.25, 0.3) is 6.08 Å². The largest absolute Gasteiger partial charge is 0.0776 e. The predicted molar refractivity (Wildman–Crippen MR) is 150 cm³/mol. The monoisotopic (exact) mass is 452 g/mol. The highest BCUT2D eigenvalue weighted by Gasteiger charge is 2.36. The number of fused-ring (bicyclic) bond motifs is 1. The molecule has 0 nitrogen and oxygen atoms in total. The normalized spacial score (nSPS) is 20.8.